The number of benzene rings is 3. The maximum absolute atomic E-state index is 14.8. The summed E-state index contributed by atoms with van der Waals surface area (Å²) in [6.45, 7) is 2.64. The zero-order chi connectivity index (χ0) is 25.2. The molecule has 1 saturated heterocycles. The molecule has 1 heterocycles. The Hall–Kier alpha value is -3.12. The fourth-order valence-electron chi connectivity index (χ4n) is 5.11. The van der Waals surface area contributed by atoms with E-state index in [9.17, 15) is 18.0 Å². The molecule has 3 aromatic carbocycles. The number of esters is 1. The van der Waals surface area contributed by atoms with Crippen molar-refractivity contribution < 1.29 is 27.4 Å². The van der Waals surface area contributed by atoms with Crippen molar-refractivity contribution in [1.29, 1.82) is 0 Å². The summed E-state index contributed by atoms with van der Waals surface area (Å²) >= 11 is 0. The summed E-state index contributed by atoms with van der Waals surface area (Å²) in [5.74, 6) is -3.67. The minimum atomic E-state index is -1.16. The van der Waals surface area contributed by atoms with Gasteiger partial charge >= 0.3 is 5.97 Å². The van der Waals surface area contributed by atoms with Gasteiger partial charge in [-0.2, -0.15) is 4.39 Å². The maximum atomic E-state index is 14.8. The summed E-state index contributed by atoms with van der Waals surface area (Å²) in [5.41, 5.74) is 3.33. The van der Waals surface area contributed by atoms with Gasteiger partial charge in [-0.25, -0.2) is 8.78 Å². The van der Waals surface area contributed by atoms with Crippen molar-refractivity contribution in [3.05, 3.63) is 88.7 Å². The van der Waals surface area contributed by atoms with E-state index in [0.29, 0.717) is 43.4 Å². The van der Waals surface area contributed by atoms with E-state index in [2.05, 4.69) is 6.92 Å². The predicted octanol–water partition coefficient (Wildman–Crippen LogP) is 7.67. The number of carbonyl (C=O) groups is 1. The summed E-state index contributed by atoms with van der Waals surface area (Å²) in [5, 5.41) is 0. The largest absolute Gasteiger partial charge is 0.423 e. The van der Waals surface area contributed by atoms with Gasteiger partial charge in [-0.3, -0.25) is 4.79 Å². The molecule has 0 N–H and O–H groups in total. The molecule has 1 aliphatic carbocycles. The normalized spacial score (nSPS) is 21.3. The van der Waals surface area contributed by atoms with E-state index in [0.717, 1.165) is 24.0 Å². The van der Waals surface area contributed by atoms with Crippen LogP contribution in [0.5, 0.6) is 5.75 Å². The molecule has 3 aromatic rings. The van der Waals surface area contributed by atoms with Crippen molar-refractivity contribution in [3.63, 3.8) is 0 Å². The zero-order valence-corrected chi connectivity index (χ0v) is 20.2. The standard InChI is InChI=1S/C30H29F3O3/c1-2-3-18-4-6-20(7-5-18)23-14-15-26(29(33)28(23)32)36-30(34)21-10-8-19(9-11-21)22-12-13-24(25(31)16-22)27-17-35-27/h4-7,12-16,19,21,27H,2-3,8-11,17H2,1H3. The number of rotatable bonds is 7. The molecule has 0 spiro atoms. The second-order valence-electron chi connectivity index (χ2n) is 9.76. The summed E-state index contributed by atoms with van der Waals surface area (Å²) in [7, 11) is 0. The Balaban J connectivity index is 1.21. The Morgan fingerprint density at radius 3 is 2.31 bits per heavy atom. The van der Waals surface area contributed by atoms with Gasteiger partial charge in [0.05, 0.1) is 12.5 Å². The van der Waals surface area contributed by atoms with Crippen LogP contribution in [0.2, 0.25) is 0 Å². The molecular weight excluding hydrogens is 465 g/mol. The summed E-state index contributed by atoms with van der Waals surface area (Å²) < 4.78 is 54.5. The zero-order valence-electron chi connectivity index (χ0n) is 20.2. The third-order valence-corrected chi connectivity index (χ3v) is 7.30. The number of carbonyl (C=O) groups excluding carboxylic acids is 1. The van der Waals surface area contributed by atoms with E-state index in [4.69, 9.17) is 9.47 Å². The van der Waals surface area contributed by atoms with Crippen molar-refractivity contribution >= 4 is 5.97 Å². The van der Waals surface area contributed by atoms with Gasteiger partial charge in [0, 0.05) is 11.1 Å². The Morgan fingerprint density at radius 1 is 0.944 bits per heavy atom. The molecule has 5 rings (SSSR count). The van der Waals surface area contributed by atoms with Crippen molar-refractivity contribution in [2.45, 2.75) is 57.5 Å². The second-order valence-corrected chi connectivity index (χ2v) is 9.76. The highest BCUT2D eigenvalue weighted by molar-refractivity contribution is 5.76. The van der Waals surface area contributed by atoms with Gasteiger partial charge in [-0.1, -0.05) is 49.7 Å². The number of aryl methyl sites for hydroxylation is 1. The Kier molecular flexibility index (Phi) is 7.15. The van der Waals surface area contributed by atoms with Crippen LogP contribution >= 0.6 is 0 Å². The lowest BCUT2D eigenvalue weighted by Crippen LogP contribution is -2.25. The molecule has 1 aliphatic heterocycles. The lowest BCUT2D eigenvalue weighted by Gasteiger charge is -2.27. The molecule has 1 unspecified atom stereocenters. The minimum Gasteiger partial charge on any atom is -0.423 e. The number of hydrogen-bond acceptors (Lipinski definition) is 3. The molecule has 3 nitrogen and oxygen atoms in total. The third-order valence-electron chi connectivity index (χ3n) is 7.30. The second kappa shape index (κ2) is 10.5. The van der Waals surface area contributed by atoms with Gasteiger partial charge in [0.2, 0.25) is 5.82 Å². The molecule has 36 heavy (non-hydrogen) atoms. The van der Waals surface area contributed by atoms with Gasteiger partial charge in [0.15, 0.2) is 11.6 Å². The van der Waals surface area contributed by atoms with Gasteiger partial charge in [0.1, 0.15) is 11.9 Å². The smallest absolute Gasteiger partial charge is 0.314 e. The van der Waals surface area contributed by atoms with Crippen LogP contribution in [0.15, 0.2) is 54.6 Å². The van der Waals surface area contributed by atoms with Crippen LogP contribution in [0.25, 0.3) is 11.1 Å². The fourth-order valence-corrected chi connectivity index (χ4v) is 5.11. The van der Waals surface area contributed by atoms with E-state index in [1.807, 2.05) is 18.2 Å². The molecule has 0 radical (unpaired) electrons. The predicted molar refractivity (Wildman–Crippen MR) is 131 cm³/mol. The van der Waals surface area contributed by atoms with Crippen LogP contribution in [-0.2, 0) is 16.0 Å². The fraction of sp³-hybridized carbons (Fsp3) is 0.367. The summed E-state index contributed by atoms with van der Waals surface area (Å²) in [4.78, 5) is 12.7. The molecule has 2 aliphatic rings. The lowest BCUT2D eigenvalue weighted by molar-refractivity contribution is -0.140. The molecule has 0 bridgehead atoms. The average molecular weight is 495 g/mol. The SMILES string of the molecule is CCCc1ccc(-c2ccc(OC(=O)C3CCC(c4ccc(C5CO5)c(F)c4)CC3)c(F)c2F)cc1. The highest BCUT2D eigenvalue weighted by Crippen LogP contribution is 2.39. The van der Waals surface area contributed by atoms with Crippen LogP contribution in [0.1, 0.15) is 67.7 Å². The van der Waals surface area contributed by atoms with Gasteiger partial charge in [0.25, 0.3) is 0 Å². The van der Waals surface area contributed by atoms with Crippen molar-refractivity contribution in [1.82, 2.24) is 0 Å². The molecule has 6 heteroatoms. The highest BCUT2D eigenvalue weighted by Gasteiger charge is 2.31. The third kappa shape index (κ3) is 5.19. The summed E-state index contributed by atoms with van der Waals surface area (Å²) in [6, 6.07) is 15.4. The molecule has 1 saturated carbocycles. The topological polar surface area (TPSA) is 38.8 Å². The first-order valence-electron chi connectivity index (χ1n) is 12.6. The van der Waals surface area contributed by atoms with Crippen LogP contribution in [-0.4, -0.2) is 12.6 Å². The number of epoxide rings is 1. The number of ether oxygens (including phenoxy) is 2. The van der Waals surface area contributed by atoms with Crippen LogP contribution in [0, 0.1) is 23.4 Å². The van der Waals surface area contributed by atoms with Crippen molar-refractivity contribution in [2.75, 3.05) is 6.61 Å². The maximum Gasteiger partial charge on any atom is 0.314 e. The number of halogens is 3. The van der Waals surface area contributed by atoms with Gasteiger partial charge < -0.3 is 9.47 Å². The van der Waals surface area contributed by atoms with E-state index in [1.165, 1.54) is 12.1 Å². The van der Waals surface area contributed by atoms with Crippen LogP contribution in [0.4, 0.5) is 13.2 Å². The average Bonchev–Trinajstić information content (AvgIpc) is 3.73. The molecule has 1 atom stereocenters. The molecule has 2 fully saturated rings. The lowest BCUT2D eigenvalue weighted by atomic mass is 9.78. The summed E-state index contributed by atoms with van der Waals surface area (Å²) in [6.07, 6.45) is 4.29. The van der Waals surface area contributed by atoms with E-state index < -0.39 is 29.3 Å². The van der Waals surface area contributed by atoms with Gasteiger partial charge in [-0.15, -0.1) is 0 Å². The molecular formula is C30H29F3O3. The first-order chi connectivity index (χ1) is 17.4. The first-order valence-corrected chi connectivity index (χ1v) is 12.6. The van der Waals surface area contributed by atoms with Crippen LogP contribution in [0.3, 0.4) is 0 Å². The quantitative estimate of drug-likeness (QED) is 0.192. The van der Waals surface area contributed by atoms with Crippen LogP contribution < -0.4 is 4.74 Å². The van der Waals surface area contributed by atoms with Crippen molar-refractivity contribution in [2.24, 2.45) is 5.92 Å². The Morgan fingerprint density at radius 2 is 1.67 bits per heavy atom. The van der Waals surface area contributed by atoms with Crippen molar-refractivity contribution in [3.8, 4) is 16.9 Å². The first kappa shape index (κ1) is 24.6. The minimum absolute atomic E-state index is 0.127. The van der Waals surface area contributed by atoms with E-state index in [-0.39, 0.29) is 23.4 Å². The van der Waals surface area contributed by atoms with E-state index in [1.54, 1.807) is 24.3 Å². The van der Waals surface area contributed by atoms with E-state index >= 15 is 0 Å². The molecule has 0 amide bonds. The highest BCUT2D eigenvalue weighted by atomic mass is 19.2. The Labute approximate surface area is 209 Å². The monoisotopic (exact) mass is 494 g/mol. The molecule has 188 valence electrons. The Bertz CT molecular complexity index is 1240. The van der Waals surface area contributed by atoms with Gasteiger partial charge in [-0.05, 0) is 72.9 Å². The molecule has 0 aromatic heterocycles. The number of hydrogen-bond donors (Lipinski definition) is 0.